The van der Waals surface area contributed by atoms with Gasteiger partial charge in [0.15, 0.2) is 0 Å². The largest absolute Gasteiger partial charge is 0.397 e. The highest BCUT2D eigenvalue weighted by Crippen LogP contribution is 2.30. The van der Waals surface area contributed by atoms with Crippen molar-refractivity contribution in [1.29, 1.82) is 5.26 Å². The number of fused-ring (bicyclic) bond motifs is 1. The van der Waals surface area contributed by atoms with Crippen LogP contribution in [0.1, 0.15) is 5.56 Å². The highest BCUT2D eigenvalue weighted by atomic mass is 14.9. The van der Waals surface area contributed by atoms with Gasteiger partial charge in [-0.1, -0.05) is 36.4 Å². The maximum absolute atomic E-state index is 8.92. The minimum absolute atomic E-state index is 0.620. The standard InChI is InChI=1S/C17H13N3/c18-11-12-4-3-6-14(10-12)20-16-9-8-13-5-1-2-7-15(13)17(16)19/h1-10,20H,19H2. The number of hydrogen-bond donors (Lipinski definition) is 2. The summed E-state index contributed by atoms with van der Waals surface area (Å²) in [4.78, 5) is 0. The van der Waals surface area contributed by atoms with Crippen molar-refractivity contribution in [1.82, 2.24) is 0 Å². The lowest BCUT2D eigenvalue weighted by atomic mass is 10.1. The quantitative estimate of drug-likeness (QED) is 0.683. The zero-order valence-corrected chi connectivity index (χ0v) is 10.8. The lowest BCUT2D eigenvalue weighted by molar-refractivity contribution is 1.47. The van der Waals surface area contributed by atoms with Gasteiger partial charge in [-0.15, -0.1) is 0 Å². The minimum Gasteiger partial charge on any atom is -0.397 e. The number of benzene rings is 3. The minimum atomic E-state index is 0.620. The van der Waals surface area contributed by atoms with Crippen LogP contribution in [-0.2, 0) is 0 Å². The Labute approximate surface area is 117 Å². The first-order valence-corrected chi connectivity index (χ1v) is 6.32. The Hall–Kier alpha value is -2.99. The third-order valence-electron chi connectivity index (χ3n) is 3.24. The molecular formula is C17H13N3. The predicted octanol–water partition coefficient (Wildman–Crippen LogP) is 4.04. The molecule has 0 radical (unpaired) electrons. The van der Waals surface area contributed by atoms with E-state index in [1.54, 1.807) is 12.1 Å². The second-order valence-corrected chi connectivity index (χ2v) is 4.57. The first-order valence-electron chi connectivity index (χ1n) is 6.32. The molecule has 0 heterocycles. The van der Waals surface area contributed by atoms with Gasteiger partial charge in [-0.3, -0.25) is 0 Å². The fraction of sp³-hybridized carbons (Fsp3) is 0. The molecule has 3 N–H and O–H groups in total. The van der Waals surface area contributed by atoms with E-state index in [9.17, 15) is 0 Å². The van der Waals surface area contributed by atoms with Gasteiger partial charge in [0.1, 0.15) is 0 Å². The van der Waals surface area contributed by atoms with Crippen LogP contribution in [0.3, 0.4) is 0 Å². The van der Waals surface area contributed by atoms with Crippen molar-refractivity contribution in [2.75, 3.05) is 11.1 Å². The Morgan fingerprint density at radius 1 is 0.950 bits per heavy atom. The zero-order valence-electron chi connectivity index (χ0n) is 10.8. The van der Waals surface area contributed by atoms with Crippen molar-refractivity contribution < 1.29 is 0 Å². The summed E-state index contributed by atoms with van der Waals surface area (Å²) in [5.74, 6) is 0. The molecule has 3 rings (SSSR count). The Morgan fingerprint density at radius 2 is 1.80 bits per heavy atom. The summed E-state index contributed by atoms with van der Waals surface area (Å²) >= 11 is 0. The first-order chi connectivity index (χ1) is 9.78. The number of nitrogens with two attached hydrogens (primary N) is 1. The Balaban J connectivity index is 2.02. The van der Waals surface area contributed by atoms with Crippen LogP contribution in [0.4, 0.5) is 17.1 Å². The van der Waals surface area contributed by atoms with Gasteiger partial charge in [0.05, 0.1) is 23.0 Å². The van der Waals surface area contributed by atoms with Crippen molar-refractivity contribution in [3.05, 3.63) is 66.2 Å². The fourth-order valence-electron chi connectivity index (χ4n) is 2.23. The van der Waals surface area contributed by atoms with Crippen LogP contribution in [-0.4, -0.2) is 0 Å². The van der Waals surface area contributed by atoms with Gasteiger partial charge < -0.3 is 11.1 Å². The molecule has 0 aromatic heterocycles. The van der Waals surface area contributed by atoms with E-state index in [1.165, 1.54) is 0 Å². The number of nitrogens with one attached hydrogen (secondary N) is 1. The summed E-state index contributed by atoms with van der Waals surface area (Å²) in [5, 5.41) is 14.3. The third kappa shape index (κ3) is 2.15. The van der Waals surface area contributed by atoms with Gasteiger partial charge in [0.25, 0.3) is 0 Å². The summed E-state index contributed by atoms with van der Waals surface area (Å²) in [5.41, 5.74) is 9.24. The number of rotatable bonds is 2. The van der Waals surface area contributed by atoms with Crippen LogP contribution in [0, 0.1) is 11.3 Å². The molecule has 0 aliphatic carbocycles. The number of anilines is 3. The Morgan fingerprint density at radius 3 is 2.65 bits per heavy atom. The highest BCUT2D eigenvalue weighted by Gasteiger charge is 2.04. The van der Waals surface area contributed by atoms with Crippen LogP contribution < -0.4 is 11.1 Å². The van der Waals surface area contributed by atoms with Crippen LogP contribution in [0.2, 0.25) is 0 Å². The van der Waals surface area contributed by atoms with E-state index in [4.69, 9.17) is 11.0 Å². The molecule has 0 unspecified atom stereocenters. The molecule has 0 fully saturated rings. The van der Waals surface area contributed by atoms with E-state index < -0.39 is 0 Å². The van der Waals surface area contributed by atoms with Crippen molar-refractivity contribution >= 4 is 27.8 Å². The zero-order chi connectivity index (χ0) is 13.9. The summed E-state index contributed by atoms with van der Waals surface area (Å²) in [6.45, 7) is 0. The third-order valence-corrected chi connectivity index (χ3v) is 3.24. The molecule has 20 heavy (non-hydrogen) atoms. The number of nitrogen functional groups attached to an aromatic ring is 1. The predicted molar refractivity (Wildman–Crippen MR) is 82.8 cm³/mol. The monoisotopic (exact) mass is 259 g/mol. The lowest BCUT2D eigenvalue weighted by Gasteiger charge is -2.12. The number of nitriles is 1. The van der Waals surface area contributed by atoms with E-state index in [1.807, 2.05) is 48.5 Å². The summed E-state index contributed by atoms with van der Waals surface area (Å²) in [6, 6.07) is 21.4. The molecule has 0 amide bonds. The smallest absolute Gasteiger partial charge is 0.0992 e. The topological polar surface area (TPSA) is 61.8 Å². The lowest BCUT2D eigenvalue weighted by Crippen LogP contribution is -1.97. The van der Waals surface area contributed by atoms with Gasteiger partial charge in [0.2, 0.25) is 0 Å². The molecule has 3 aromatic carbocycles. The van der Waals surface area contributed by atoms with Crippen molar-refractivity contribution in [2.45, 2.75) is 0 Å². The molecule has 0 aliphatic rings. The molecule has 0 atom stereocenters. The van der Waals surface area contributed by atoms with E-state index in [-0.39, 0.29) is 0 Å². The Bertz CT molecular complexity index is 816. The first kappa shape index (κ1) is 12.1. The Kier molecular flexibility index (Phi) is 2.98. The molecule has 3 aromatic rings. The summed E-state index contributed by atoms with van der Waals surface area (Å²) in [6.07, 6.45) is 0. The van der Waals surface area contributed by atoms with E-state index in [0.717, 1.165) is 22.1 Å². The van der Waals surface area contributed by atoms with Gasteiger partial charge in [-0.25, -0.2) is 0 Å². The van der Waals surface area contributed by atoms with E-state index in [0.29, 0.717) is 11.3 Å². The average Bonchev–Trinajstić information content (AvgIpc) is 2.50. The van der Waals surface area contributed by atoms with E-state index >= 15 is 0 Å². The second-order valence-electron chi connectivity index (χ2n) is 4.57. The maximum atomic E-state index is 8.92. The molecule has 0 spiro atoms. The SMILES string of the molecule is N#Cc1cccc(Nc2ccc3ccccc3c2N)c1. The van der Waals surface area contributed by atoms with Crippen LogP contribution in [0.5, 0.6) is 0 Å². The van der Waals surface area contributed by atoms with Crippen molar-refractivity contribution in [3.63, 3.8) is 0 Å². The number of nitrogens with zero attached hydrogens (tertiary/aromatic N) is 1. The molecule has 3 heteroatoms. The normalized spacial score (nSPS) is 10.2. The highest BCUT2D eigenvalue weighted by molar-refractivity contribution is 5.99. The van der Waals surface area contributed by atoms with Gasteiger partial charge in [0, 0.05) is 11.1 Å². The molecule has 0 bridgehead atoms. The van der Waals surface area contributed by atoms with Crippen molar-refractivity contribution in [2.24, 2.45) is 0 Å². The van der Waals surface area contributed by atoms with Gasteiger partial charge in [-0.2, -0.15) is 5.26 Å². The number of hydrogen-bond acceptors (Lipinski definition) is 3. The van der Waals surface area contributed by atoms with Gasteiger partial charge >= 0.3 is 0 Å². The fourth-order valence-corrected chi connectivity index (χ4v) is 2.23. The van der Waals surface area contributed by atoms with Crippen LogP contribution in [0.15, 0.2) is 60.7 Å². The van der Waals surface area contributed by atoms with Crippen LogP contribution >= 0.6 is 0 Å². The molecule has 0 saturated carbocycles. The van der Waals surface area contributed by atoms with Crippen molar-refractivity contribution in [3.8, 4) is 6.07 Å². The second kappa shape index (κ2) is 4.94. The average molecular weight is 259 g/mol. The molecule has 3 nitrogen and oxygen atoms in total. The van der Waals surface area contributed by atoms with Crippen LogP contribution in [0.25, 0.3) is 10.8 Å². The summed E-state index contributed by atoms with van der Waals surface area (Å²) in [7, 11) is 0. The molecule has 0 saturated heterocycles. The van der Waals surface area contributed by atoms with E-state index in [2.05, 4.69) is 11.4 Å². The maximum Gasteiger partial charge on any atom is 0.0992 e. The molecule has 96 valence electrons. The molecule has 0 aliphatic heterocycles. The molecular weight excluding hydrogens is 246 g/mol. The summed E-state index contributed by atoms with van der Waals surface area (Å²) < 4.78 is 0. The van der Waals surface area contributed by atoms with Gasteiger partial charge in [-0.05, 0) is 29.7 Å².